The molecule has 5 heteroatoms. The van der Waals surface area contributed by atoms with Crippen LogP contribution in [0.15, 0.2) is 30.3 Å². The highest BCUT2D eigenvalue weighted by atomic mass is 16.2. The normalized spacial score (nSPS) is 13.6. The molecule has 0 saturated heterocycles. The van der Waals surface area contributed by atoms with Crippen LogP contribution in [-0.4, -0.2) is 36.3 Å². The Bertz CT molecular complexity index is 779. The molecule has 3 N–H and O–H groups in total. The zero-order chi connectivity index (χ0) is 17.8. The molecule has 0 unspecified atom stereocenters. The molecule has 0 aliphatic carbocycles. The molecule has 2 aromatic rings. The van der Waals surface area contributed by atoms with Gasteiger partial charge in [-0.2, -0.15) is 0 Å². The molecule has 1 heterocycles. The number of hydrogen-bond acceptors (Lipinski definition) is 4. The van der Waals surface area contributed by atoms with Crippen LogP contribution in [-0.2, 0) is 0 Å². The van der Waals surface area contributed by atoms with E-state index in [1.165, 1.54) is 4.90 Å². The minimum Gasteiger partial charge on any atom is -0.383 e. The fourth-order valence-corrected chi connectivity index (χ4v) is 3.41. The maximum absolute atomic E-state index is 12.9. The number of hydrogen-bond donors (Lipinski definition) is 2. The maximum atomic E-state index is 12.9. The predicted molar refractivity (Wildman–Crippen MR) is 101 cm³/mol. The topological polar surface area (TPSA) is 75.4 Å². The number of anilines is 1. The second-order valence-corrected chi connectivity index (χ2v) is 6.43. The lowest BCUT2D eigenvalue weighted by Gasteiger charge is -2.28. The van der Waals surface area contributed by atoms with E-state index in [4.69, 9.17) is 5.73 Å². The van der Waals surface area contributed by atoms with E-state index in [1.807, 2.05) is 30.3 Å². The Kier molecular flexibility index (Phi) is 5.34. The molecule has 2 amide bonds. The highest BCUT2D eigenvalue weighted by Gasteiger charge is 2.32. The number of amides is 2. The lowest BCUT2D eigenvalue weighted by Crippen LogP contribution is -2.40. The second kappa shape index (κ2) is 7.66. The maximum Gasteiger partial charge on any atom is 0.261 e. The van der Waals surface area contributed by atoms with Crippen LogP contribution in [0.1, 0.15) is 53.3 Å². The van der Waals surface area contributed by atoms with Crippen LogP contribution >= 0.6 is 0 Å². The SMILES string of the molecule is CCCCCCN1C(=O)c2cccc3c(NCCN)ccc(c23)C1=O. The van der Waals surface area contributed by atoms with Crippen LogP contribution in [0, 0.1) is 0 Å². The van der Waals surface area contributed by atoms with Crippen molar-refractivity contribution in [2.24, 2.45) is 5.73 Å². The summed E-state index contributed by atoms with van der Waals surface area (Å²) in [4.78, 5) is 27.1. The quantitative estimate of drug-likeness (QED) is 0.571. The van der Waals surface area contributed by atoms with E-state index in [-0.39, 0.29) is 11.8 Å². The van der Waals surface area contributed by atoms with Crippen molar-refractivity contribution in [2.45, 2.75) is 32.6 Å². The van der Waals surface area contributed by atoms with Crippen LogP contribution < -0.4 is 11.1 Å². The third kappa shape index (κ3) is 3.24. The van der Waals surface area contributed by atoms with Gasteiger partial charge in [0.05, 0.1) is 0 Å². The smallest absolute Gasteiger partial charge is 0.261 e. The molecule has 0 saturated carbocycles. The van der Waals surface area contributed by atoms with E-state index in [2.05, 4.69) is 12.2 Å². The molecule has 25 heavy (non-hydrogen) atoms. The van der Waals surface area contributed by atoms with Gasteiger partial charge in [-0.25, -0.2) is 0 Å². The summed E-state index contributed by atoms with van der Waals surface area (Å²) in [6.07, 6.45) is 4.14. The zero-order valence-corrected chi connectivity index (χ0v) is 14.7. The van der Waals surface area contributed by atoms with E-state index in [1.54, 1.807) is 0 Å². The molecule has 1 aliphatic rings. The Morgan fingerprint density at radius 2 is 1.76 bits per heavy atom. The van der Waals surface area contributed by atoms with E-state index in [0.29, 0.717) is 30.8 Å². The summed E-state index contributed by atoms with van der Waals surface area (Å²) in [5.74, 6) is -0.369. The summed E-state index contributed by atoms with van der Waals surface area (Å²) in [6, 6.07) is 9.35. The van der Waals surface area contributed by atoms with Crippen molar-refractivity contribution in [3.05, 3.63) is 41.5 Å². The number of nitrogens with one attached hydrogen (secondary N) is 1. The van der Waals surface area contributed by atoms with E-state index < -0.39 is 0 Å². The van der Waals surface area contributed by atoms with Crippen molar-refractivity contribution in [3.8, 4) is 0 Å². The molecule has 0 aromatic heterocycles. The number of rotatable bonds is 8. The average molecular weight is 339 g/mol. The first-order valence-corrected chi connectivity index (χ1v) is 9.05. The summed E-state index contributed by atoms with van der Waals surface area (Å²) in [6.45, 7) is 3.79. The Morgan fingerprint density at radius 1 is 1.00 bits per heavy atom. The van der Waals surface area contributed by atoms with Gasteiger partial charge >= 0.3 is 0 Å². The molecule has 0 fully saturated rings. The van der Waals surface area contributed by atoms with Gasteiger partial charge in [-0.1, -0.05) is 38.3 Å². The molecule has 5 nitrogen and oxygen atoms in total. The fourth-order valence-electron chi connectivity index (χ4n) is 3.41. The first-order chi connectivity index (χ1) is 12.2. The lowest BCUT2D eigenvalue weighted by atomic mass is 9.93. The van der Waals surface area contributed by atoms with Gasteiger partial charge in [0.1, 0.15) is 0 Å². The van der Waals surface area contributed by atoms with Gasteiger partial charge in [0, 0.05) is 47.2 Å². The largest absolute Gasteiger partial charge is 0.383 e. The molecule has 0 spiro atoms. The van der Waals surface area contributed by atoms with Gasteiger partial charge in [-0.3, -0.25) is 14.5 Å². The highest BCUT2D eigenvalue weighted by molar-refractivity contribution is 6.26. The summed E-state index contributed by atoms with van der Waals surface area (Å²) in [5.41, 5.74) is 7.70. The second-order valence-electron chi connectivity index (χ2n) is 6.43. The predicted octanol–water partition coefficient (Wildman–Crippen LogP) is 3.39. The van der Waals surface area contributed by atoms with E-state index in [0.717, 1.165) is 42.1 Å². The molecule has 2 aromatic carbocycles. The average Bonchev–Trinajstić information content (AvgIpc) is 2.64. The molecule has 0 bridgehead atoms. The molecule has 132 valence electrons. The monoisotopic (exact) mass is 339 g/mol. The Hall–Kier alpha value is -2.40. The summed E-state index contributed by atoms with van der Waals surface area (Å²) in [7, 11) is 0. The molecule has 0 radical (unpaired) electrons. The van der Waals surface area contributed by atoms with Gasteiger partial charge in [0.2, 0.25) is 0 Å². The van der Waals surface area contributed by atoms with Gasteiger partial charge in [-0.05, 0) is 24.6 Å². The molecule has 0 atom stereocenters. The zero-order valence-electron chi connectivity index (χ0n) is 14.7. The van der Waals surface area contributed by atoms with Crippen molar-refractivity contribution in [1.82, 2.24) is 4.90 Å². The molecule has 1 aliphatic heterocycles. The molecular weight excluding hydrogens is 314 g/mol. The number of benzene rings is 2. The summed E-state index contributed by atoms with van der Waals surface area (Å²) in [5, 5.41) is 4.92. The minimum absolute atomic E-state index is 0.185. The molecular formula is C20H25N3O2. The van der Waals surface area contributed by atoms with Crippen LogP contribution in [0.4, 0.5) is 5.69 Å². The Labute approximate surface area is 148 Å². The van der Waals surface area contributed by atoms with Gasteiger partial charge < -0.3 is 11.1 Å². The Morgan fingerprint density at radius 3 is 2.48 bits per heavy atom. The van der Waals surface area contributed by atoms with Crippen molar-refractivity contribution >= 4 is 28.3 Å². The summed E-state index contributed by atoms with van der Waals surface area (Å²) >= 11 is 0. The third-order valence-corrected chi connectivity index (χ3v) is 4.69. The Balaban J connectivity index is 1.97. The fraction of sp³-hybridized carbons (Fsp3) is 0.400. The van der Waals surface area contributed by atoms with Crippen LogP contribution in [0.3, 0.4) is 0 Å². The van der Waals surface area contributed by atoms with E-state index in [9.17, 15) is 9.59 Å². The standard InChI is InChI=1S/C20H25N3O2/c1-2-3-4-5-13-23-19(24)15-8-6-7-14-17(22-12-11-21)10-9-16(18(14)15)20(23)25/h6-10,22H,2-5,11-13,21H2,1H3. The van der Waals surface area contributed by atoms with Crippen LogP contribution in [0.5, 0.6) is 0 Å². The van der Waals surface area contributed by atoms with Crippen molar-refractivity contribution in [1.29, 1.82) is 0 Å². The van der Waals surface area contributed by atoms with E-state index >= 15 is 0 Å². The third-order valence-electron chi connectivity index (χ3n) is 4.69. The highest BCUT2D eigenvalue weighted by Crippen LogP contribution is 2.34. The number of carbonyl (C=O) groups excluding carboxylic acids is 2. The van der Waals surface area contributed by atoms with Crippen LogP contribution in [0.2, 0.25) is 0 Å². The minimum atomic E-state index is -0.185. The number of carbonyl (C=O) groups is 2. The van der Waals surface area contributed by atoms with Gasteiger partial charge in [0.25, 0.3) is 11.8 Å². The van der Waals surface area contributed by atoms with Gasteiger partial charge in [-0.15, -0.1) is 0 Å². The van der Waals surface area contributed by atoms with Crippen molar-refractivity contribution in [2.75, 3.05) is 25.0 Å². The number of nitrogens with zero attached hydrogens (tertiary/aromatic N) is 1. The van der Waals surface area contributed by atoms with Crippen molar-refractivity contribution < 1.29 is 9.59 Å². The van der Waals surface area contributed by atoms with Crippen LogP contribution in [0.25, 0.3) is 10.8 Å². The van der Waals surface area contributed by atoms with Gasteiger partial charge in [0.15, 0.2) is 0 Å². The number of nitrogens with two attached hydrogens (primary N) is 1. The lowest BCUT2D eigenvalue weighted by molar-refractivity contribution is 0.0608. The number of unbranched alkanes of at least 4 members (excludes halogenated alkanes) is 3. The molecule has 3 rings (SSSR count). The number of imide groups is 1. The van der Waals surface area contributed by atoms with Crippen molar-refractivity contribution in [3.63, 3.8) is 0 Å². The first kappa shape index (κ1) is 17.4. The first-order valence-electron chi connectivity index (χ1n) is 9.05. The summed E-state index contributed by atoms with van der Waals surface area (Å²) < 4.78 is 0.